The standard InChI is InChI=1S/C16H12ClN3O2S/c17-14-7-6-13(23-14)11-9-12(21-19-11)16-18-15(20-22-16)8-10-4-2-1-3-5-10/h1-7,12H,8-9H2/t12-/m1/s1. The summed E-state index contributed by atoms with van der Waals surface area (Å²) in [5, 5.41) is 8.13. The molecule has 1 aliphatic heterocycles. The van der Waals surface area contributed by atoms with E-state index in [0.717, 1.165) is 20.5 Å². The summed E-state index contributed by atoms with van der Waals surface area (Å²) in [7, 11) is 0. The minimum atomic E-state index is -0.331. The van der Waals surface area contributed by atoms with Crippen molar-refractivity contribution in [2.45, 2.75) is 18.9 Å². The van der Waals surface area contributed by atoms with Crippen LogP contribution in [0.4, 0.5) is 0 Å². The van der Waals surface area contributed by atoms with Crippen LogP contribution in [0, 0.1) is 0 Å². The van der Waals surface area contributed by atoms with E-state index in [-0.39, 0.29) is 6.10 Å². The molecule has 2 aromatic heterocycles. The summed E-state index contributed by atoms with van der Waals surface area (Å²) in [6.07, 6.45) is 0.901. The highest BCUT2D eigenvalue weighted by molar-refractivity contribution is 7.18. The van der Waals surface area contributed by atoms with Crippen molar-refractivity contribution < 1.29 is 9.36 Å². The first-order chi connectivity index (χ1) is 11.3. The Kier molecular flexibility index (Phi) is 3.85. The van der Waals surface area contributed by atoms with Gasteiger partial charge in [-0.3, -0.25) is 0 Å². The smallest absolute Gasteiger partial charge is 0.270 e. The fourth-order valence-corrected chi connectivity index (χ4v) is 3.41. The number of hydrogen-bond donors (Lipinski definition) is 0. The van der Waals surface area contributed by atoms with Crippen LogP contribution in [0.15, 0.2) is 52.1 Å². The van der Waals surface area contributed by atoms with Gasteiger partial charge in [-0.2, -0.15) is 4.98 Å². The van der Waals surface area contributed by atoms with Crippen LogP contribution in [-0.2, 0) is 11.3 Å². The van der Waals surface area contributed by atoms with E-state index < -0.39 is 0 Å². The number of aromatic nitrogens is 2. The SMILES string of the molecule is Clc1ccc(C2=NO[C@@H](c3nc(Cc4ccccc4)no3)C2)s1. The third-order valence-electron chi connectivity index (χ3n) is 3.49. The molecule has 3 heterocycles. The first kappa shape index (κ1) is 14.4. The number of benzene rings is 1. The molecule has 0 unspecified atom stereocenters. The molecule has 23 heavy (non-hydrogen) atoms. The second kappa shape index (κ2) is 6.14. The van der Waals surface area contributed by atoms with Crippen molar-refractivity contribution in [1.82, 2.24) is 10.1 Å². The first-order valence-electron chi connectivity index (χ1n) is 7.13. The van der Waals surface area contributed by atoms with E-state index in [9.17, 15) is 0 Å². The zero-order valence-corrected chi connectivity index (χ0v) is 13.5. The predicted molar refractivity (Wildman–Crippen MR) is 87.9 cm³/mol. The summed E-state index contributed by atoms with van der Waals surface area (Å²) in [5.74, 6) is 1.10. The van der Waals surface area contributed by atoms with Crippen LogP contribution in [0.5, 0.6) is 0 Å². The largest absolute Gasteiger partial charge is 0.382 e. The van der Waals surface area contributed by atoms with Crippen LogP contribution in [0.2, 0.25) is 4.34 Å². The lowest BCUT2D eigenvalue weighted by atomic mass is 10.1. The lowest BCUT2D eigenvalue weighted by molar-refractivity contribution is 0.0599. The molecular formula is C16H12ClN3O2S. The zero-order valence-electron chi connectivity index (χ0n) is 12.0. The van der Waals surface area contributed by atoms with Crippen LogP contribution in [0.25, 0.3) is 0 Å². The maximum atomic E-state index is 5.95. The van der Waals surface area contributed by atoms with Gasteiger partial charge < -0.3 is 9.36 Å². The second-order valence-corrected chi connectivity index (χ2v) is 6.87. The van der Waals surface area contributed by atoms with Crippen molar-refractivity contribution in [3.05, 3.63) is 69.0 Å². The molecule has 5 nitrogen and oxygen atoms in total. The second-order valence-electron chi connectivity index (χ2n) is 5.15. The Bertz CT molecular complexity index is 844. The van der Waals surface area contributed by atoms with E-state index >= 15 is 0 Å². The van der Waals surface area contributed by atoms with E-state index in [1.54, 1.807) is 0 Å². The Hall–Kier alpha value is -2.18. The monoisotopic (exact) mass is 345 g/mol. The van der Waals surface area contributed by atoms with Crippen molar-refractivity contribution in [2.75, 3.05) is 0 Å². The van der Waals surface area contributed by atoms with Gasteiger partial charge in [0.05, 0.1) is 9.21 Å². The topological polar surface area (TPSA) is 60.5 Å². The van der Waals surface area contributed by atoms with Gasteiger partial charge in [-0.05, 0) is 17.7 Å². The Morgan fingerprint density at radius 3 is 2.83 bits per heavy atom. The quantitative estimate of drug-likeness (QED) is 0.709. The molecule has 1 aliphatic rings. The highest BCUT2D eigenvalue weighted by Gasteiger charge is 2.29. The number of halogens is 1. The minimum Gasteiger partial charge on any atom is -0.382 e. The molecule has 0 amide bonds. The summed E-state index contributed by atoms with van der Waals surface area (Å²) in [6.45, 7) is 0. The van der Waals surface area contributed by atoms with Gasteiger partial charge in [0.2, 0.25) is 6.10 Å². The Balaban J connectivity index is 1.44. The molecule has 0 N–H and O–H groups in total. The molecule has 0 saturated carbocycles. The maximum Gasteiger partial charge on any atom is 0.270 e. The lowest BCUT2D eigenvalue weighted by Gasteiger charge is -2.00. The zero-order chi connectivity index (χ0) is 15.6. The van der Waals surface area contributed by atoms with Gasteiger partial charge in [-0.15, -0.1) is 11.3 Å². The molecule has 0 bridgehead atoms. The average molecular weight is 346 g/mol. The molecule has 1 aromatic carbocycles. The number of rotatable bonds is 4. The number of hydrogen-bond acceptors (Lipinski definition) is 6. The molecule has 0 aliphatic carbocycles. The fourth-order valence-electron chi connectivity index (χ4n) is 2.37. The summed E-state index contributed by atoms with van der Waals surface area (Å²) in [6, 6.07) is 13.8. The van der Waals surface area contributed by atoms with Gasteiger partial charge >= 0.3 is 0 Å². The molecule has 7 heteroatoms. The van der Waals surface area contributed by atoms with Crippen molar-refractivity contribution in [2.24, 2.45) is 5.16 Å². The number of thiophene rings is 1. The van der Waals surface area contributed by atoms with Gasteiger partial charge in [-0.1, -0.05) is 52.2 Å². The van der Waals surface area contributed by atoms with Crippen molar-refractivity contribution in [3.8, 4) is 0 Å². The van der Waals surface area contributed by atoms with Crippen molar-refractivity contribution >= 4 is 28.6 Å². The Morgan fingerprint density at radius 1 is 1.17 bits per heavy atom. The third kappa shape index (κ3) is 3.13. The molecule has 0 saturated heterocycles. The van der Waals surface area contributed by atoms with Crippen LogP contribution < -0.4 is 0 Å². The highest BCUT2D eigenvalue weighted by Crippen LogP contribution is 2.32. The Morgan fingerprint density at radius 2 is 2.04 bits per heavy atom. The van der Waals surface area contributed by atoms with Crippen molar-refractivity contribution in [1.29, 1.82) is 0 Å². The summed E-state index contributed by atoms with van der Waals surface area (Å²) in [4.78, 5) is 10.9. The Labute approximate surface area is 141 Å². The van der Waals surface area contributed by atoms with Gasteiger partial charge in [0, 0.05) is 12.8 Å². The minimum absolute atomic E-state index is 0.331. The molecule has 1 atom stereocenters. The van der Waals surface area contributed by atoms with Gasteiger partial charge in [0.25, 0.3) is 5.89 Å². The molecule has 0 fully saturated rings. The fraction of sp³-hybridized carbons (Fsp3) is 0.188. The third-order valence-corrected chi connectivity index (χ3v) is 4.77. The van der Waals surface area contributed by atoms with E-state index in [1.807, 2.05) is 42.5 Å². The van der Waals surface area contributed by atoms with E-state index in [0.29, 0.717) is 24.6 Å². The molecule has 0 spiro atoms. The average Bonchev–Trinajstić information content (AvgIpc) is 3.28. The van der Waals surface area contributed by atoms with Crippen molar-refractivity contribution in [3.63, 3.8) is 0 Å². The predicted octanol–water partition coefficient (Wildman–Crippen LogP) is 4.24. The summed E-state index contributed by atoms with van der Waals surface area (Å²) in [5.41, 5.74) is 1.99. The first-order valence-corrected chi connectivity index (χ1v) is 8.32. The molecule has 3 aromatic rings. The van der Waals surface area contributed by atoms with Crippen LogP contribution >= 0.6 is 22.9 Å². The van der Waals surface area contributed by atoms with E-state index in [2.05, 4.69) is 15.3 Å². The van der Waals surface area contributed by atoms with Gasteiger partial charge in [-0.25, -0.2) is 0 Å². The van der Waals surface area contributed by atoms with Gasteiger partial charge in [0.1, 0.15) is 5.71 Å². The molecular weight excluding hydrogens is 334 g/mol. The van der Waals surface area contributed by atoms with E-state index in [1.165, 1.54) is 11.3 Å². The molecule has 116 valence electrons. The van der Waals surface area contributed by atoms with Gasteiger partial charge in [0.15, 0.2) is 5.82 Å². The number of oxime groups is 1. The highest BCUT2D eigenvalue weighted by atomic mass is 35.5. The van der Waals surface area contributed by atoms with E-state index in [4.69, 9.17) is 21.0 Å². The maximum absolute atomic E-state index is 5.95. The summed E-state index contributed by atoms with van der Waals surface area (Å²) >= 11 is 7.43. The van der Waals surface area contributed by atoms with Crippen LogP contribution in [0.1, 0.15) is 34.7 Å². The number of nitrogens with zero attached hydrogens (tertiary/aromatic N) is 3. The van der Waals surface area contributed by atoms with Crippen LogP contribution in [0.3, 0.4) is 0 Å². The molecule has 0 radical (unpaired) electrons. The van der Waals surface area contributed by atoms with Crippen LogP contribution in [-0.4, -0.2) is 15.9 Å². The molecule has 4 rings (SSSR count). The lowest BCUT2D eigenvalue weighted by Crippen LogP contribution is -2.01. The summed E-state index contributed by atoms with van der Waals surface area (Å²) < 4.78 is 6.06. The normalized spacial score (nSPS) is 17.1.